The summed E-state index contributed by atoms with van der Waals surface area (Å²) in [6.45, 7) is 4.26. The molecule has 1 amide bonds. The number of amides is 1. The third-order valence-electron chi connectivity index (χ3n) is 4.56. The first kappa shape index (κ1) is 17.7. The number of nitrogen functional groups attached to an aromatic ring is 1. The quantitative estimate of drug-likeness (QED) is 0.684. The van der Waals surface area contributed by atoms with Crippen LogP contribution in [-0.4, -0.2) is 27.8 Å². The molecule has 3 aromatic rings. The third-order valence-corrected chi connectivity index (χ3v) is 4.56. The van der Waals surface area contributed by atoms with Crippen LogP contribution in [-0.2, 0) is 4.79 Å². The molecule has 0 aliphatic carbocycles. The lowest BCUT2D eigenvalue weighted by molar-refractivity contribution is -0.127. The maximum absolute atomic E-state index is 12.7. The summed E-state index contributed by atoms with van der Waals surface area (Å²) in [7, 11) is 1.85. The Balaban J connectivity index is 1.85. The van der Waals surface area contributed by atoms with Gasteiger partial charge in [-0.3, -0.25) is 4.79 Å². The van der Waals surface area contributed by atoms with E-state index in [1.165, 1.54) is 0 Å². The lowest BCUT2D eigenvalue weighted by Gasteiger charge is -2.30. The molecular weight excluding hydrogens is 324 g/mol. The Morgan fingerprint density at radius 1 is 1.23 bits per heavy atom. The summed E-state index contributed by atoms with van der Waals surface area (Å²) in [6, 6.07) is 11.7. The number of likely N-dealkylation sites (N-methyl/N-ethyl adjacent to an activating group) is 1. The molecule has 134 valence electrons. The third kappa shape index (κ3) is 3.61. The number of pyridine rings is 1. The van der Waals surface area contributed by atoms with Gasteiger partial charge in [0.25, 0.3) is 0 Å². The van der Waals surface area contributed by atoms with Crippen molar-refractivity contribution in [3.63, 3.8) is 0 Å². The number of aromatic amines is 1. The van der Waals surface area contributed by atoms with E-state index in [2.05, 4.69) is 29.9 Å². The van der Waals surface area contributed by atoms with Crippen LogP contribution in [0.25, 0.3) is 17.0 Å². The smallest absolute Gasteiger partial charge is 0.246 e. The standard InChI is InChI=1S/C21H24N4O/c1-14(2)21(17-13-23-18-7-5-4-6-16(17)18)25(3)20(26)11-9-15-8-10-19(22)24-12-15/h4-14,21,23H,1-3H3,(H2,22,24)/b11-9+. The number of hydrogen-bond acceptors (Lipinski definition) is 3. The largest absolute Gasteiger partial charge is 0.384 e. The fraction of sp³-hybridized carbons (Fsp3) is 0.238. The molecule has 0 saturated carbocycles. The number of hydrogen-bond donors (Lipinski definition) is 2. The summed E-state index contributed by atoms with van der Waals surface area (Å²) in [6.07, 6.45) is 7.00. The molecule has 1 aromatic carbocycles. The van der Waals surface area contributed by atoms with E-state index in [1.54, 1.807) is 29.3 Å². The molecule has 1 unspecified atom stereocenters. The van der Waals surface area contributed by atoms with Crippen LogP contribution in [0.15, 0.2) is 54.9 Å². The molecule has 0 fully saturated rings. The second-order valence-corrected chi connectivity index (χ2v) is 6.78. The number of nitrogens with two attached hydrogens (primary N) is 1. The van der Waals surface area contributed by atoms with Crippen LogP contribution in [0.3, 0.4) is 0 Å². The number of anilines is 1. The van der Waals surface area contributed by atoms with Crippen molar-refractivity contribution in [2.24, 2.45) is 5.92 Å². The molecule has 0 aliphatic heterocycles. The fourth-order valence-corrected chi connectivity index (χ4v) is 3.29. The van der Waals surface area contributed by atoms with Gasteiger partial charge in [0.15, 0.2) is 0 Å². The van der Waals surface area contributed by atoms with E-state index in [9.17, 15) is 4.79 Å². The number of rotatable bonds is 5. The molecule has 3 N–H and O–H groups in total. The summed E-state index contributed by atoms with van der Waals surface area (Å²) in [5, 5.41) is 1.15. The van der Waals surface area contributed by atoms with E-state index in [0.717, 1.165) is 22.0 Å². The molecule has 3 rings (SSSR count). The second-order valence-electron chi connectivity index (χ2n) is 6.78. The Kier molecular flexibility index (Phi) is 5.07. The minimum absolute atomic E-state index is 0.0205. The Morgan fingerprint density at radius 3 is 2.69 bits per heavy atom. The maximum Gasteiger partial charge on any atom is 0.246 e. The Labute approximate surface area is 153 Å². The molecule has 0 bridgehead atoms. The molecule has 0 saturated heterocycles. The Hall–Kier alpha value is -3.08. The van der Waals surface area contributed by atoms with E-state index in [1.807, 2.05) is 37.5 Å². The normalized spacial score (nSPS) is 12.8. The Bertz CT molecular complexity index is 925. The zero-order valence-corrected chi connectivity index (χ0v) is 15.3. The highest BCUT2D eigenvalue weighted by molar-refractivity contribution is 5.92. The van der Waals surface area contributed by atoms with E-state index in [4.69, 9.17) is 5.73 Å². The molecule has 5 nitrogen and oxygen atoms in total. The lowest BCUT2D eigenvalue weighted by atomic mass is 9.94. The van der Waals surface area contributed by atoms with E-state index in [0.29, 0.717) is 5.82 Å². The topological polar surface area (TPSA) is 75.0 Å². The van der Waals surface area contributed by atoms with Crippen molar-refractivity contribution in [3.05, 3.63) is 66.0 Å². The van der Waals surface area contributed by atoms with Gasteiger partial charge < -0.3 is 15.6 Å². The summed E-state index contributed by atoms with van der Waals surface area (Å²) < 4.78 is 0. The molecule has 2 aromatic heterocycles. The maximum atomic E-state index is 12.7. The SMILES string of the molecule is CC(C)C(c1c[nH]c2ccccc12)N(C)C(=O)/C=C/c1ccc(N)nc1. The number of fused-ring (bicyclic) bond motifs is 1. The number of nitrogens with one attached hydrogen (secondary N) is 1. The highest BCUT2D eigenvalue weighted by Crippen LogP contribution is 2.33. The molecule has 26 heavy (non-hydrogen) atoms. The molecule has 1 atom stereocenters. The van der Waals surface area contributed by atoms with Crippen molar-refractivity contribution in [3.8, 4) is 0 Å². The van der Waals surface area contributed by atoms with Crippen LogP contribution in [0.5, 0.6) is 0 Å². The van der Waals surface area contributed by atoms with Gasteiger partial charge in [0.1, 0.15) is 5.82 Å². The van der Waals surface area contributed by atoms with Crippen LogP contribution < -0.4 is 5.73 Å². The van der Waals surface area contributed by atoms with Gasteiger partial charge in [-0.05, 0) is 35.8 Å². The summed E-state index contributed by atoms with van der Waals surface area (Å²) in [5.41, 5.74) is 8.65. The van der Waals surface area contributed by atoms with Crippen molar-refractivity contribution in [1.82, 2.24) is 14.9 Å². The minimum atomic E-state index is -0.0502. The lowest BCUT2D eigenvalue weighted by Crippen LogP contribution is -2.32. The Morgan fingerprint density at radius 2 is 2.00 bits per heavy atom. The number of carbonyl (C=O) groups excluding carboxylic acids is 1. The fourth-order valence-electron chi connectivity index (χ4n) is 3.29. The number of aromatic nitrogens is 2. The monoisotopic (exact) mass is 348 g/mol. The van der Waals surface area contributed by atoms with E-state index < -0.39 is 0 Å². The van der Waals surface area contributed by atoms with Crippen LogP contribution >= 0.6 is 0 Å². The van der Waals surface area contributed by atoms with Gasteiger partial charge in [-0.1, -0.05) is 32.0 Å². The predicted octanol–water partition coefficient (Wildman–Crippen LogP) is 4.01. The molecule has 0 radical (unpaired) electrons. The first-order chi connectivity index (χ1) is 12.5. The number of H-pyrrole nitrogens is 1. The average molecular weight is 348 g/mol. The van der Waals surface area contributed by atoms with Crippen LogP contribution in [0.4, 0.5) is 5.82 Å². The van der Waals surface area contributed by atoms with Crippen molar-refractivity contribution in [2.75, 3.05) is 12.8 Å². The van der Waals surface area contributed by atoms with Crippen molar-refractivity contribution in [2.45, 2.75) is 19.9 Å². The number of carbonyl (C=O) groups is 1. The van der Waals surface area contributed by atoms with Gasteiger partial charge in [-0.25, -0.2) is 4.98 Å². The van der Waals surface area contributed by atoms with Crippen molar-refractivity contribution in [1.29, 1.82) is 0 Å². The summed E-state index contributed by atoms with van der Waals surface area (Å²) in [5.74, 6) is 0.686. The van der Waals surface area contributed by atoms with Crippen LogP contribution in [0.2, 0.25) is 0 Å². The van der Waals surface area contributed by atoms with Gasteiger partial charge >= 0.3 is 0 Å². The van der Waals surface area contributed by atoms with Gasteiger partial charge in [-0.15, -0.1) is 0 Å². The van der Waals surface area contributed by atoms with E-state index >= 15 is 0 Å². The van der Waals surface area contributed by atoms with Gasteiger partial charge in [-0.2, -0.15) is 0 Å². The second kappa shape index (κ2) is 7.44. The highest BCUT2D eigenvalue weighted by Gasteiger charge is 2.25. The molecule has 5 heteroatoms. The molecule has 2 heterocycles. The first-order valence-electron chi connectivity index (χ1n) is 8.70. The van der Waals surface area contributed by atoms with Gasteiger partial charge in [0.2, 0.25) is 5.91 Å². The highest BCUT2D eigenvalue weighted by atomic mass is 16.2. The molecule has 0 spiro atoms. The minimum Gasteiger partial charge on any atom is -0.384 e. The molecule has 0 aliphatic rings. The summed E-state index contributed by atoms with van der Waals surface area (Å²) >= 11 is 0. The van der Waals surface area contributed by atoms with Gasteiger partial charge in [0.05, 0.1) is 6.04 Å². The summed E-state index contributed by atoms with van der Waals surface area (Å²) in [4.78, 5) is 21.9. The number of nitrogens with zero attached hydrogens (tertiary/aromatic N) is 2. The van der Waals surface area contributed by atoms with Crippen molar-refractivity contribution >= 4 is 28.7 Å². The zero-order chi connectivity index (χ0) is 18.7. The van der Waals surface area contributed by atoms with Crippen LogP contribution in [0.1, 0.15) is 31.0 Å². The molecular formula is C21H24N4O. The number of para-hydroxylation sites is 1. The van der Waals surface area contributed by atoms with Gasteiger partial charge in [0, 0.05) is 42.0 Å². The zero-order valence-electron chi connectivity index (χ0n) is 15.3. The predicted molar refractivity (Wildman–Crippen MR) is 106 cm³/mol. The van der Waals surface area contributed by atoms with Crippen molar-refractivity contribution < 1.29 is 4.79 Å². The van der Waals surface area contributed by atoms with Crippen LogP contribution in [0, 0.1) is 5.92 Å². The first-order valence-corrected chi connectivity index (χ1v) is 8.70. The van der Waals surface area contributed by atoms with E-state index in [-0.39, 0.29) is 17.9 Å². The average Bonchev–Trinajstić information content (AvgIpc) is 3.04. The number of benzene rings is 1.